The van der Waals surface area contributed by atoms with Crippen LogP contribution < -0.4 is 10.5 Å². The highest BCUT2D eigenvalue weighted by Gasteiger charge is 2.16. The van der Waals surface area contributed by atoms with Crippen LogP contribution in [0.1, 0.15) is 31.2 Å². The van der Waals surface area contributed by atoms with Crippen LogP contribution in [0.3, 0.4) is 0 Å². The van der Waals surface area contributed by atoms with E-state index in [1.54, 1.807) is 12.1 Å². The van der Waals surface area contributed by atoms with Gasteiger partial charge >= 0.3 is 0 Å². The predicted molar refractivity (Wildman–Crippen MR) is 82.7 cm³/mol. The van der Waals surface area contributed by atoms with Gasteiger partial charge in [0.25, 0.3) is 0 Å². The number of benzene rings is 1. The van der Waals surface area contributed by atoms with Crippen molar-refractivity contribution < 1.29 is 17.9 Å². The monoisotopic (exact) mass is 326 g/mol. The summed E-state index contributed by atoms with van der Waals surface area (Å²) < 4.78 is 27.8. The molecule has 0 aromatic heterocycles. The van der Waals surface area contributed by atoms with Crippen LogP contribution in [-0.2, 0) is 26.0 Å². The second-order valence-electron chi connectivity index (χ2n) is 5.46. The third kappa shape index (κ3) is 5.40. The van der Waals surface area contributed by atoms with Gasteiger partial charge in [-0.05, 0) is 43.4 Å². The van der Waals surface area contributed by atoms with E-state index in [1.807, 2.05) is 0 Å². The third-order valence-electron chi connectivity index (χ3n) is 3.71. The van der Waals surface area contributed by atoms with Crippen molar-refractivity contribution in [3.63, 3.8) is 0 Å². The summed E-state index contributed by atoms with van der Waals surface area (Å²) in [5, 5.41) is 7.90. The molecule has 3 N–H and O–H groups in total. The van der Waals surface area contributed by atoms with Crippen molar-refractivity contribution in [1.82, 2.24) is 5.32 Å². The Morgan fingerprint density at radius 3 is 2.64 bits per heavy atom. The summed E-state index contributed by atoms with van der Waals surface area (Å²) in [7, 11) is -3.65. The quantitative estimate of drug-likeness (QED) is 0.779. The maximum Gasteiger partial charge on any atom is 0.238 e. The lowest BCUT2D eigenvalue weighted by Gasteiger charge is -2.09. The number of rotatable bonds is 7. The fourth-order valence-corrected chi connectivity index (χ4v) is 2.96. The molecule has 0 spiro atoms. The summed E-state index contributed by atoms with van der Waals surface area (Å²) in [5.74, 6) is 0.0247. The first-order chi connectivity index (χ1) is 10.4. The number of nitrogens with two attached hydrogens (primary N) is 1. The zero-order valence-electron chi connectivity index (χ0n) is 12.5. The number of primary sulfonamides is 1. The van der Waals surface area contributed by atoms with Crippen LogP contribution in [0, 0.1) is 0 Å². The number of amides is 1. The number of carbonyl (C=O) groups is 1. The number of sulfonamides is 1. The van der Waals surface area contributed by atoms with Gasteiger partial charge in [0, 0.05) is 19.6 Å². The Balaban J connectivity index is 1.68. The number of hydrogen-bond donors (Lipinski definition) is 2. The molecule has 1 fully saturated rings. The molecule has 1 atom stereocenters. The minimum atomic E-state index is -3.65. The summed E-state index contributed by atoms with van der Waals surface area (Å²) in [6, 6.07) is 6.37. The van der Waals surface area contributed by atoms with E-state index >= 15 is 0 Å². The fraction of sp³-hybridized carbons (Fsp3) is 0.533. The number of hydrogen-bond acceptors (Lipinski definition) is 4. The average Bonchev–Trinajstić information content (AvgIpc) is 2.98. The van der Waals surface area contributed by atoms with Gasteiger partial charge in [-0.25, -0.2) is 13.6 Å². The topological polar surface area (TPSA) is 98.5 Å². The Morgan fingerprint density at radius 1 is 1.32 bits per heavy atom. The second-order valence-corrected chi connectivity index (χ2v) is 7.02. The van der Waals surface area contributed by atoms with Crippen molar-refractivity contribution in [2.24, 2.45) is 5.14 Å². The van der Waals surface area contributed by atoms with Gasteiger partial charge in [0.1, 0.15) is 0 Å². The predicted octanol–water partition coefficient (Wildman–Crippen LogP) is 0.952. The second kappa shape index (κ2) is 7.71. The van der Waals surface area contributed by atoms with Crippen molar-refractivity contribution in [1.29, 1.82) is 0 Å². The fourth-order valence-electron chi connectivity index (χ4n) is 2.44. The molecular formula is C15H22N2O4S. The number of nitrogens with one attached hydrogen (secondary N) is 1. The Bertz CT molecular complexity index is 592. The molecule has 1 aliphatic heterocycles. The van der Waals surface area contributed by atoms with Gasteiger partial charge < -0.3 is 10.1 Å². The van der Waals surface area contributed by atoms with Crippen molar-refractivity contribution in [3.8, 4) is 0 Å². The third-order valence-corrected chi connectivity index (χ3v) is 4.63. The molecule has 0 saturated carbocycles. The highest BCUT2D eigenvalue weighted by atomic mass is 32.2. The summed E-state index contributed by atoms with van der Waals surface area (Å²) in [6.07, 6.45) is 4.27. The van der Waals surface area contributed by atoms with Crippen molar-refractivity contribution in [2.45, 2.75) is 43.1 Å². The highest BCUT2D eigenvalue weighted by molar-refractivity contribution is 7.89. The first-order valence-corrected chi connectivity index (χ1v) is 9.00. The standard InChI is InChI=1S/C15H22N2O4S/c16-22(19,20)14-6-3-12(4-7-14)9-10-17-15(18)8-5-13-2-1-11-21-13/h3-4,6-7,13H,1-2,5,8-11H2,(H,17,18)(H2,16,19,20). The van der Waals surface area contributed by atoms with Crippen molar-refractivity contribution in [2.75, 3.05) is 13.2 Å². The SMILES string of the molecule is NS(=O)(=O)c1ccc(CCNC(=O)CCC2CCCO2)cc1. The van der Waals surface area contributed by atoms with Crippen LogP contribution >= 0.6 is 0 Å². The van der Waals surface area contributed by atoms with Crippen LogP contribution in [-0.4, -0.2) is 33.6 Å². The molecule has 1 saturated heterocycles. The normalized spacial score (nSPS) is 18.3. The summed E-state index contributed by atoms with van der Waals surface area (Å²) >= 11 is 0. The van der Waals surface area contributed by atoms with Crippen LogP contribution in [0.4, 0.5) is 0 Å². The van der Waals surface area contributed by atoms with E-state index in [1.165, 1.54) is 12.1 Å². The minimum Gasteiger partial charge on any atom is -0.378 e. The lowest BCUT2D eigenvalue weighted by atomic mass is 10.1. The Hall–Kier alpha value is -1.44. The smallest absolute Gasteiger partial charge is 0.238 e. The maximum atomic E-state index is 11.7. The molecule has 6 nitrogen and oxygen atoms in total. The molecule has 2 rings (SSSR count). The van der Waals surface area contributed by atoms with E-state index in [0.717, 1.165) is 31.4 Å². The van der Waals surface area contributed by atoms with Gasteiger partial charge in [0.15, 0.2) is 0 Å². The van der Waals surface area contributed by atoms with Gasteiger partial charge in [-0.2, -0.15) is 0 Å². The lowest BCUT2D eigenvalue weighted by molar-refractivity contribution is -0.121. The van der Waals surface area contributed by atoms with Crippen LogP contribution in [0.2, 0.25) is 0 Å². The minimum absolute atomic E-state index is 0.0247. The summed E-state index contributed by atoms with van der Waals surface area (Å²) in [5.41, 5.74) is 0.951. The molecule has 0 aliphatic carbocycles. The Morgan fingerprint density at radius 2 is 2.05 bits per heavy atom. The molecule has 1 amide bonds. The first-order valence-electron chi connectivity index (χ1n) is 7.45. The number of carbonyl (C=O) groups excluding carboxylic acids is 1. The molecule has 22 heavy (non-hydrogen) atoms. The number of ether oxygens (including phenoxy) is 1. The van der Waals surface area contributed by atoms with Gasteiger partial charge in [-0.15, -0.1) is 0 Å². The van der Waals surface area contributed by atoms with Crippen molar-refractivity contribution >= 4 is 15.9 Å². The average molecular weight is 326 g/mol. The van der Waals surface area contributed by atoms with Crippen molar-refractivity contribution in [3.05, 3.63) is 29.8 Å². The Kier molecular flexibility index (Phi) is 5.93. The molecule has 7 heteroatoms. The highest BCUT2D eigenvalue weighted by Crippen LogP contribution is 2.16. The molecule has 1 aromatic rings. The molecule has 1 aliphatic rings. The molecule has 0 radical (unpaired) electrons. The van der Waals surface area contributed by atoms with Crippen LogP contribution in [0.25, 0.3) is 0 Å². The summed E-state index contributed by atoms with van der Waals surface area (Å²) in [6.45, 7) is 1.33. The van der Waals surface area contributed by atoms with E-state index in [4.69, 9.17) is 9.88 Å². The van der Waals surface area contributed by atoms with Gasteiger partial charge in [-0.1, -0.05) is 12.1 Å². The molecule has 0 bridgehead atoms. The molecule has 1 heterocycles. The molecular weight excluding hydrogens is 304 g/mol. The van der Waals surface area contributed by atoms with Crippen LogP contribution in [0.15, 0.2) is 29.2 Å². The molecule has 1 aromatic carbocycles. The van der Waals surface area contributed by atoms with E-state index < -0.39 is 10.0 Å². The van der Waals surface area contributed by atoms with E-state index in [2.05, 4.69) is 5.32 Å². The van der Waals surface area contributed by atoms with Gasteiger partial charge in [-0.3, -0.25) is 4.79 Å². The first kappa shape index (κ1) is 16.9. The maximum absolute atomic E-state index is 11.7. The zero-order valence-corrected chi connectivity index (χ0v) is 13.3. The van der Waals surface area contributed by atoms with E-state index in [0.29, 0.717) is 19.4 Å². The largest absolute Gasteiger partial charge is 0.378 e. The van der Waals surface area contributed by atoms with E-state index in [-0.39, 0.29) is 16.9 Å². The molecule has 1 unspecified atom stereocenters. The van der Waals surface area contributed by atoms with E-state index in [9.17, 15) is 13.2 Å². The molecule has 122 valence electrons. The van der Waals surface area contributed by atoms with Gasteiger partial charge in [0.2, 0.25) is 15.9 Å². The van der Waals surface area contributed by atoms with Crippen LogP contribution in [0.5, 0.6) is 0 Å². The lowest BCUT2D eigenvalue weighted by Crippen LogP contribution is -2.26. The Labute approximate surface area is 131 Å². The summed E-state index contributed by atoms with van der Waals surface area (Å²) in [4.78, 5) is 11.8. The van der Waals surface area contributed by atoms with Gasteiger partial charge in [0.05, 0.1) is 11.0 Å². The zero-order chi connectivity index (χ0) is 16.0.